The molecule has 5 heteroatoms. The molecule has 2 rings (SSSR count). The molecule has 0 saturated heterocycles. The summed E-state index contributed by atoms with van der Waals surface area (Å²) in [7, 11) is 4.02. The molecular weight excluding hydrogens is 254 g/mol. The fourth-order valence-electron chi connectivity index (χ4n) is 2.12. The Morgan fingerprint density at radius 3 is 2.75 bits per heavy atom. The Hall–Kier alpha value is -1.59. The van der Waals surface area contributed by atoms with E-state index in [1.54, 1.807) is 0 Å². The van der Waals surface area contributed by atoms with Crippen molar-refractivity contribution in [3.8, 4) is 0 Å². The number of benzene rings is 1. The van der Waals surface area contributed by atoms with Gasteiger partial charge in [0.15, 0.2) is 0 Å². The lowest BCUT2D eigenvalue weighted by molar-refractivity contribution is 0.206. The van der Waals surface area contributed by atoms with Crippen molar-refractivity contribution in [3.05, 3.63) is 29.8 Å². The smallest absolute Gasteiger partial charge is 0.319 e. The molecule has 3 N–H and O–H groups in total. The molecule has 1 saturated carbocycles. The number of nitrogens with one attached hydrogen (secondary N) is 2. The maximum atomic E-state index is 11.8. The topological polar surface area (TPSA) is 64.6 Å². The van der Waals surface area contributed by atoms with Gasteiger partial charge in [0.25, 0.3) is 0 Å². The van der Waals surface area contributed by atoms with Gasteiger partial charge in [-0.2, -0.15) is 0 Å². The zero-order valence-electron chi connectivity index (χ0n) is 12.1. The van der Waals surface area contributed by atoms with Crippen LogP contribution < -0.4 is 10.6 Å². The number of amides is 2. The number of carbonyl (C=O) groups is 1. The molecule has 1 aromatic rings. The molecule has 2 amide bonds. The van der Waals surface area contributed by atoms with Crippen LogP contribution >= 0.6 is 0 Å². The molecule has 0 atom stereocenters. The minimum Gasteiger partial charge on any atom is -0.396 e. The van der Waals surface area contributed by atoms with Crippen LogP contribution in [0.15, 0.2) is 24.3 Å². The highest BCUT2D eigenvalue weighted by molar-refractivity contribution is 5.89. The van der Waals surface area contributed by atoms with Crippen LogP contribution in [-0.2, 0) is 6.54 Å². The standard InChI is InChI=1S/C15H23N3O2/c1-18(2)9-12-4-3-5-13(8-12)17-14(20)16-10-15(11-19)6-7-15/h3-5,8,19H,6-7,9-11H2,1-2H3,(H2,16,17,20). The van der Waals surface area contributed by atoms with Crippen LogP contribution in [0, 0.1) is 5.41 Å². The predicted molar refractivity (Wildman–Crippen MR) is 79.6 cm³/mol. The molecule has 0 spiro atoms. The minimum atomic E-state index is -0.216. The quantitative estimate of drug-likeness (QED) is 0.740. The number of urea groups is 1. The van der Waals surface area contributed by atoms with Gasteiger partial charge in [-0.05, 0) is 44.6 Å². The van der Waals surface area contributed by atoms with Gasteiger partial charge in [-0.25, -0.2) is 4.79 Å². The molecule has 20 heavy (non-hydrogen) atoms. The van der Waals surface area contributed by atoms with E-state index in [4.69, 9.17) is 0 Å². The van der Waals surface area contributed by atoms with Crippen LogP contribution in [0.4, 0.5) is 10.5 Å². The Bertz CT molecular complexity index is 470. The van der Waals surface area contributed by atoms with Gasteiger partial charge in [0.2, 0.25) is 0 Å². The molecule has 1 aromatic carbocycles. The molecule has 0 bridgehead atoms. The van der Waals surface area contributed by atoms with Crippen molar-refractivity contribution < 1.29 is 9.90 Å². The summed E-state index contributed by atoms with van der Waals surface area (Å²) in [6.45, 7) is 1.52. The maximum Gasteiger partial charge on any atom is 0.319 e. The largest absolute Gasteiger partial charge is 0.396 e. The highest BCUT2D eigenvalue weighted by Gasteiger charge is 2.42. The lowest BCUT2D eigenvalue weighted by atomic mass is 10.1. The lowest BCUT2D eigenvalue weighted by Crippen LogP contribution is -2.35. The Labute approximate surface area is 120 Å². The predicted octanol–water partition coefficient (Wildman–Crippen LogP) is 1.64. The monoisotopic (exact) mass is 277 g/mol. The number of hydrogen-bond acceptors (Lipinski definition) is 3. The van der Waals surface area contributed by atoms with Gasteiger partial charge >= 0.3 is 6.03 Å². The molecule has 0 heterocycles. The molecule has 0 unspecified atom stereocenters. The zero-order valence-corrected chi connectivity index (χ0v) is 12.1. The lowest BCUT2D eigenvalue weighted by Gasteiger charge is -2.14. The first kappa shape index (κ1) is 14.8. The van der Waals surface area contributed by atoms with Gasteiger partial charge < -0.3 is 20.6 Å². The molecule has 0 aliphatic heterocycles. The summed E-state index contributed by atoms with van der Waals surface area (Å²) in [4.78, 5) is 13.9. The van der Waals surface area contributed by atoms with Crippen LogP contribution in [-0.4, -0.2) is 43.3 Å². The fraction of sp³-hybridized carbons (Fsp3) is 0.533. The van der Waals surface area contributed by atoms with Gasteiger partial charge in [-0.1, -0.05) is 12.1 Å². The van der Waals surface area contributed by atoms with Gasteiger partial charge in [0, 0.05) is 24.2 Å². The van der Waals surface area contributed by atoms with Gasteiger partial charge in [-0.15, -0.1) is 0 Å². The van der Waals surface area contributed by atoms with Gasteiger partial charge in [0.05, 0.1) is 6.61 Å². The fourth-order valence-corrected chi connectivity index (χ4v) is 2.12. The Balaban J connectivity index is 1.84. The van der Waals surface area contributed by atoms with Crippen molar-refractivity contribution in [2.45, 2.75) is 19.4 Å². The van der Waals surface area contributed by atoms with E-state index < -0.39 is 0 Å². The van der Waals surface area contributed by atoms with Crippen molar-refractivity contribution in [1.82, 2.24) is 10.2 Å². The van der Waals surface area contributed by atoms with E-state index in [9.17, 15) is 9.90 Å². The van der Waals surface area contributed by atoms with Crippen LogP contribution in [0.25, 0.3) is 0 Å². The molecule has 1 aliphatic rings. The van der Waals surface area contributed by atoms with E-state index in [-0.39, 0.29) is 18.1 Å². The Kier molecular flexibility index (Phi) is 4.62. The van der Waals surface area contributed by atoms with Crippen molar-refractivity contribution in [2.24, 2.45) is 5.41 Å². The number of aliphatic hydroxyl groups excluding tert-OH is 1. The summed E-state index contributed by atoms with van der Waals surface area (Å²) in [6, 6.07) is 7.60. The Morgan fingerprint density at radius 2 is 2.15 bits per heavy atom. The van der Waals surface area contributed by atoms with E-state index in [1.165, 1.54) is 0 Å². The summed E-state index contributed by atoms with van der Waals surface area (Å²) < 4.78 is 0. The van der Waals surface area contributed by atoms with Crippen molar-refractivity contribution in [1.29, 1.82) is 0 Å². The summed E-state index contributed by atoms with van der Waals surface area (Å²) in [6.07, 6.45) is 1.98. The molecule has 1 aliphatic carbocycles. The molecule has 5 nitrogen and oxygen atoms in total. The summed E-state index contributed by atoms with van der Waals surface area (Å²) in [5.41, 5.74) is 1.88. The average Bonchev–Trinajstić information content (AvgIpc) is 3.17. The van der Waals surface area contributed by atoms with E-state index in [0.29, 0.717) is 6.54 Å². The number of rotatable bonds is 6. The number of hydrogen-bond donors (Lipinski definition) is 3. The SMILES string of the molecule is CN(C)Cc1cccc(NC(=O)NCC2(CO)CC2)c1. The highest BCUT2D eigenvalue weighted by atomic mass is 16.3. The summed E-state index contributed by atoms with van der Waals surface area (Å²) in [5.74, 6) is 0. The van der Waals surface area contributed by atoms with E-state index in [0.717, 1.165) is 30.6 Å². The first-order chi connectivity index (χ1) is 9.53. The minimum absolute atomic E-state index is 0.0654. The first-order valence-corrected chi connectivity index (χ1v) is 6.92. The van der Waals surface area contributed by atoms with Crippen LogP contribution in [0.2, 0.25) is 0 Å². The van der Waals surface area contributed by atoms with Crippen LogP contribution in [0.3, 0.4) is 0 Å². The van der Waals surface area contributed by atoms with Crippen molar-refractivity contribution in [3.63, 3.8) is 0 Å². The first-order valence-electron chi connectivity index (χ1n) is 6.92. The summed E-state index contributed by atoms with van der Waals surface area (Å²) >= 11 is 0. The number of nitrogens with zero attached hydrogens (tertiary/aromatic N) is 1. The van der Waals surface area contributed by atoms with Crippen molar-refractivity contribution in [2.75, 3.05) is 32.6 Å². The number of anilines is 1. The number of carbonyl (C=O) groups excluding carboxylic acids is 1. The zero-order chi connectivity index (χ0) is 14.6. The second-order valence-electron chi connectivity index (χ2n) is 5.90. The normalized spacial score (nSPS) is 16.0. The highest BCUT2D eigenvalue weighted by Crippen LogP contribution is 2.44. The second kappa shape index (κ2) is 6.24. The van der Waals surface area contributed by atoms with E-state index >= 15 is 0 Å². The van der Waals surface area contributed by atoms with Gasteiger partial charge in [0.1, 0.15) is 0 Å². The molecule has 1 fully saturated rings. The summed E-state index contributed by atoms with van der Waals surface area (Å²) in [5, 5.41) is 14.9. The van der Waals surface area contributed by atoms with E-state index in [2.05, 4.69) is 15.5 Å². The third kappa shape index (κ3) is 4.21. The van der Waals surface area contributed by atoms with Crippen molar-refractivity contribution >= 4 is 11.7 Å². The Morgan fingerprint density at radius 1 is 1.40 bits per heavy atom. The third-order valence-corrected chi connectivity index (χ3v) is 3.60. The molecular formula is C15H23N3O2. The van der Waals surface area contributed by atoms with Crippen LogP contribution in [0.1, 0.15) is 18.4 Å². The third-order valence-electron chi connectivity index (χ3n) is 3.60. The average molecular weight is 277 g/mol. The van der Waals surface area contributed by atoms with Gasteiger partial charge in [-0.3, -0.25) is 0 Å². The maximum absolute atomic E-state index is 11.8. The second-order valence-corrected chi connectivity index (χ2v) is 5.90. The van der Waals surface area contributed by atoms with E-state index in [1.807, 2.05) is 38.4 Å². The molecule has 110 valence electrons. The number of aliphatic hydroxyl groups is 1. The molecule has 0 radical (unpaired) electrons. The van der Waals surface area contributed by atoms with Crippen LogP contribution in [0.5, 0.6) is 0 Å². The molecule has 0 aromatic heterocycles.